The van der Waals surface area contributed by atoms with Crippen molar-refractivity contribution in [3.05, 3.63) is 22.3 Å². The maximum atomic E-state index is 12.7. The number of fused-ring (bicyclic) bond motifs is 4. The van der Waals surface area contributed by atoms with Crippen LogP contribution in [0.15, 0.2) is 22.3 Å². The third-order valence-electron chi connectivity index (χ3n) is 12.1. The van der Waals surface area contributed by atoms with Gasteiger partial charge in [-0.05, 0) is 74.0 Å². The summed E-state index contributed by atoms with van der Waals surface area (Å²) in [6, 6.07) is 0. The second-order valence-corrected chi connectivity index (χ2v) is 15.6. The molecule has 264 valence electrons. The Morgan fingerprint density at radius 3 is 1.21 bits per heavy atom. The summed E-state index contributed by atoms with van der Waals surface area (Å²) < 4.78 is 0. The van der Waals surface area contributed by atoms with Crippen molar-refractivity contribution in [3.63, 3.8) is 0 Å². The van der Waals surface area contributed by atoms with Crippen LogP contribution in [0.1, 0.15) is 106 Å². The van der Waals surface area contributed by atoms with Crippen molar-refractivity contribution < 1.29 is 55.4 Å². The summed E-state index contributed by atoms with van der Waals surface area (Å²) in [7, 11) is 0. The number of imide groups is 2. The van der Waals surface area contributed by atoms with Gasteiger partial charge in [0.05, 0.1) is 0 Å². The highest BCUT2D eigenvalue weighted by Crippen LogP contribution is 2.62. The number of carbonyl (C=O) groups excluding carboxylic acids is 4. The van der Waals surface area contributed by atoms with Crippen molar-refractivity contribution in [3.8, 4) is 0 Å². The lowest BCUT2D eigenvalue weighted by molar-refractivity contribution is -0.148. The highest BCUT2D eigenvalue weighted by atomic mass is 16.4. The summed E-state index contributed by atoms with van der Waals surface area (Å²) in [5.74, 6) is -3.06. The predicted molar refractivity (Wildman–Crippen MR) is 171 cm³/mol. The zero-order valence-electron chi connectivity index (χ0n) is 28.4. The van der Waals surface area contributed by atoms with Crippen molar-refractivity contribution >= 4 is 35.6 Å². The molecule has 0 aromatic carbocycles. The van der Waals surface area contributed by atoms with Gasteiger partial charge in [-0.25, -0.2) is 0 Å². The minimum Gasteiger partial charge on any atom is -0.480 e. The van der Waals surface area contributed by atoms with Gasteiger partial charge in [-0.2, -0.15) is 0 Å². The van der Waals surface area contributed by atoms with Crippen molar-refractivity contribution in [1.82, 2.24) is 9.80 Å². The molecule has 2 saturated carbocycles. The lowest BCUT2D eigenvalue weighted by Crippen LogP contribution is -2.47. The summed E-state index contributed by atoms with van der Waals surface area (Å²) in [4.78, 5) is 74.1. The van der Waals surface area contributed by atoms with E-state index in [1.54, 1.807) is 0 Å². The van der Waals surface area contributed by atoms with Crippen LogP contribution in [-0.4, -0.2) is 85.1 Å². The average Bonchev–Trinajstić information content (AvgIpc) is 3.29. The van der Waals surface area contributed by atoms with Crippen LogP contribution in [0.5, 0.6) is 0 Å². The Balaban J connectivity index is 0.000000307. The summed E-state index contributed by atoms with van der Waals surface area (Å²) in [6.07, 6.45) is 9.16. The lowest BCUT2D eigenvalue weighted by Gasteiger charge is -2.53. The van der Waals surface area contributed by atoms with Crippen LogP contribution < -0.4 is 0 Å². The Kier molecular flexibility index (Phi) is 11.2. The maximum absolute atomic E-state index is 12.7. The van der Waals surface area contributed by atoms with Gasteiger partial charge in [-0.3, -0.25) is 38.6 Å². The molecule has 4 amide bonds. The van der Waals surface area contributed by atoms with Crippen molar-refractivity contribution in [1.29, 1.82) is 0 Å². The Hall–Kier alpha value is -3.42. The molecular formula is C34H52N2O11. The highest BCUT2D eigenvalue weighted by molar-refractivity contribution is 6.22. The molecule has 13 nitrogen and oxygen atoms in total. The molecule has 47 heavy (non-hydrogen) atoms. The van der Waals surface area contributed by atoms with Crippen LogP contribution in [0.25, 0.3) is 0 Å². The predicted octanol–water partition coefficient (Wildman–Crippen LogP) is 2.25. The molecule has 2 aliphatic heterocycles. The van der Waals surface area contributed by atoms with Gasteiger partial charge < -0.3 is 26.6 Å². The number of hydrogen-bond donors (Lipinski definition) is 2. The molecule has 0 aromatic rings. The molecule has 0 spiro atoms. The van der Waals surface area contributed by atoms with Gasteiger partial charge in [0.1, 0.15) is 13.1 Å². The van der Waals surface area contributed by atoms with E-state index in [2.05, 4.69) is 41.5 Å². The molecule has 2 heterocycles. The van der Waals surface area contributed by atoms with E-state index in [0.717, 1.165) is 61.2 Å². The summed E-state index contributed by atoms with van der Waals surface area (Å²) in [6.45, 7) is 12.1. The zero-order chi connectivity index (χ0) is 32.6. The minimum absolute atomic E-state index is 0. The maximum Gasteiger partial charge on any atom is 0.323 e. The van der Waals surface area contributed by atoms with Crippen LogP contribution in [-0.2, 0) is 28.8 Å². The molecule has 13 heteroatoms. The number of carboxylic acid groups (broad SMARTS) is 2. The molecule has 4 atom stereocenters. The Labute approximate surface area is 275 Å². The van der Waals surface area contributed by atoms with E-state index < -0.39 is 25.0 Å². The monoisotopic (exact) mass is 664 g/mol. The number of amides is 4. The zero-order valence-corrected chi connectivity index (χ0v) is 28.4. The molecule has 0 aromatic heterocycles. The minimum atomic E-state index is -1.15. The van der Waals surface area contributed by atoms with E-state index in [0.29, 0.717) is 47.0 Å². The number of carbonyl (C=O) groups is 6. The molecule has 2 fully saturated rings. The smallest absolute Gasteiger partial charge is 0.323 e. The SMILES string of the molecule is CC1(C)CCC[C@]2(C)C3=C(CC[C@@H]12)C(=O)N(CC(=O)O)C3=O.CC1(C)CCC[C@]2(C)C3=C(CC[C@@H]12)C(=O)N(CC(=O)O)C3=O.O.O.O. The van der Waals surface area contributed by atoms with Gasteiger partial charge in [0.2, 0.25) is 0 Å². The normalized spacial score (nSPS) is 31.6. The fraction of sp³-hybridized carbons (Fsp3) is 0.706. The van der Waals surface area contributed by atoms with E-state index in [1.807, 2.05) is 0 Å². The number of carboxylic acids is 2. The topological polar surface area (TPSA) is 244 Å². The third-order valence-corrected chi connectivity index (χ3v) is 12.1. The summed E-state index contributed by atoms with van der Waals surface area (Å²) in [5.41, 5.74) is 2.07. The molecule has 0 unspecified atom stereocenters. The molecule has 0 saturated heterocycles. The molecule has 0 bridgehead atoms. The fourth-order valence-corrected chi connectivity index (χ4v) is 10.3. The first-order valence-corrected chi connectivity index (χ1v) is 16.0. The molecule has 8 N–H and O–H groups in total. The van der Waals surface area contributed by atoms with Crippen molar-refractivity contribution in [2.75, 3.05) is 13.1 Å². The number of hydrogen-bond acceptors (Lipinski definition) is 6. The van der Waals surface area contributed by atoms with E-state index in [-0.39, 0.29) is 61.7 Å². The van der Waals surface area contributed by atoms with Gasteiger partial charge in [0.15, 0.2) is 0 Å². The first kappa shape index (κ1) is 39.8. The lowest BCUT2D eigenvalue weighted by atomic mass is 9.50. The average molecular weight is 665 g/mol. The van der Waals surface area contributed by atoms with E-state index in [9.17, 15) is 28.8 Å². The van der Waals surface area contributed by atoms with Crippen molar-refractivity contribution in [2.45, 2.75) is 106 Å². The van der Waals surface area contributed by atoms with Gasteiger partial charge >= 0.3 is 11.9 Å². The summed E-state index contributed by atoms with van der Waals surface area (Å²) >= 11 is 0. The second-order valence-electron chi connectivity index (χ2n) is 15.6. The van der Waals surface area contributed by atoms with Gasteiger partial charge in [-0.15, -0.1) is 0 Å². The second kappa shape index (κ2) is 13.2. The standard InChI is InChI=1S/2C17H23NO4.3H2O/c2*1-16(2)7-4-8-17(3)11(16)6-5-10-13(17)15(22)18(14(10)21)9-12(19)20;;;/h2*11H,4-9H2,1-3H3,(H,19,20);3*1H2/t2*11-,17-;;;/m00.../s1. The van der Waals surface area contributed by atoms with E-state index in [4.69, 9.17) is 10.2 Å². The quantitative estimate of drug-likeness (QED) is 0.421. The van der Waals surface area contributed by atoms with Crippen LogP contribution >= 0.6 is 0 Å². The molecular weight excluding hydrogens is 612 g/mol. The largest absolute Gasteiger partial charge is 0.480 e. The molecule has 4 aliphatic carbocycles. The highest BCUT2D eigenvalue weighted by Gasteiger charge is 2.58. The van der Waals surface area contributed by atoms with Gasteiger partial charge in [-0.1, -0.05) is 54.4 Å². The molecule has 6 rings (SSSR count). The third kappa shape index (κ3) is 6.17. The first-order chi connectivity index (χ1) is 20.4. The Morgan fingerprint density at radius 2 is 0.915 bits per heavy atom. The number of rotatable bonds is 4. The Morgan fingerprint density at radius 1 is 0.596 bits per heavy atom. The van der Waals surface area contributed by atoms with Crippen LogP contribution in [0, 0.1) is 33.5 Å². The van der Waals surface area contributed by atoms with Gasteiger partial charge in [0.25, 0.3) is 23.6 Å². The fourth-order valence-electron chi connectivity index (χ4n) is 10.3. The summed E-state index contributed by atoms with van der Waals surface area (Å²) in [5, 5.41) is 17.9. The van der Waals surface area contributed by atoms with Gasteiger partial charge in [0, 0.05) is 33.1 Å². The molecule has 0 radical (unpaired) electrons. The van der Waals surface area contributed by atoms with Crippen LogP contribution in [0.4, 0.5) is 0 Å². The van der Waals surface area contributed by atoms with Crippen LogP contribution in [0.2, 0.25) is 0 Å². The first-order valence-electron chi connectivity index (χ1n) is 16.0. The Bertz CT molecular complexity index is 1320. The van der Waals surface area contributed by atoms with E-state index in [1.165, 1.54) is 0 Å². The number of aliphatic carboxylic acids is 2. The van der Waals surface area contributed by atoms with Crippen LogP contribution in [0.3, 0.4) is 0 Å². The molecule has 6 aliphatic rings. The number of nitrogens with zero attached hydrogens (tertiary/aromatic N) is 2. The van der Waals surface area contributed by atoms with E-state index >= 15 is 0 Å². The van der Waals surface area contributed by atoms with Crippen molar-refractivity contribution in [2.24, 2.45) is 33.5 Å².